The molecule has 0 radical (unpaired) electrons. The highest BCUT2D eigenvalue weighted by atomic mass is 28.3. The van der Waals surface area contributed by atoms with Crippen LogP contribution in [0.4, 0.5) is 0 Å². The van der Waals surface area contributed by atoms with Crippen LogP contribution in [0.15, 0.2) is 84.9 Å². The predicted octanol–water partition coefficient (Wildman–Crippen LogP) is 6.36. The molecule has 0 amide bonds. The highest BCUT2D eigenvalue weighted by Gasteiger charge is 2.21. The van der Waals surface area contributed by atoms with Crippen molar-refractivity contribution in [1.29, 1.82) is 0 Å². The molecule has 0 aliphatic heterocycles. The maximum Gasteiger partial charge on any atom is 0.196 e. The molecule has 146 valence electrons. The minimum atomic E-state index is -1.65. The van der Waals surface area contributed by atoms with E-state index in [9.17, 15) is 4.79 Å². The van der Waals surface area contributed by atoms with Gasteiger partial charge in [-0.05, 0) is 5.39 Å². The zero-order valence-electron chi connectivity index (χ0n) is 17.4. The molecule has 1 aromatic heterocycles. The summed E-state index contributed by atoms with van der Waals surface area (Å²) in [6, 6.07) is 27.4. The monoisotopic (exact) mass is 405 g/mol. The van der Waals surface area contributed by atoms with Crippen LogP contribution < -0.4 is 0 Å². The standard InChI is InChI=1S/C27H23NOSi/c1-30(2,3)19-18-24-25(27(29)21-14-8-5-9-15-21)22-16-10-11-17-23(22)26(28-24)20-12-6-4-7-13-20/h4-17H,1-3H3. The van der Waals surface area contributed by atoms with Crippen molar-refractivity contribution in [3.8, 4) is 22.7 Å². The van der Waals surface area contributed by atoms with E-state index in [1.54, 1.807) is 0 Å². The van der Waals surface area contributed by atoms with Gasteiger partial charge in [0.15, 0.2) is 5.78 Å². The molecule has 0 aliphatic carbocycles. The Balaban J connectivity index is 2.06. The smallest absolute Gasteiger partial charge is 0.196 e. The summed E-state index contributed by atoms with van der Waals surface area (Å²) >= 11 is 0. The maximum absolute atomic E-state index is 13.6. The van der Waals surface area contributed by atoms with Crippen molar-refractivity contribution in [2.24, 2.45) is 0 Å². The van der Waals surface area contributed by atoms with Crippen molar-refractivity contribution in [3.05, 3.63) is 102 Å². The van der Waals surface area contributed by atoms with Crippen LogP contribution in [0, 0.1) is 11.5 Å². The molecule has 4 rings (SSSR count). The molecular formula is C27H23NOSi. The van der Waals surface area contributed by atoms with E-state index in [-0.39, 0.29) is 5.78 Å². The van der Waals surface area contributed by atoms with Gasteiger partial charge in [-0.15, -0.1) is 5.54 Å². The van der Waals surface area contributed by atoms with Crippen LogP contribution in [0.3, 0.4) is 0 Å². The number of aromatic nitrogens is 1. The summed E-state index contributed by atoms with van der Waals surface area (Å²) in [5.74, 6) is 3.24. The van der Waals surface area contributed by atoms with Gasteiger partial charge in [0.05, 0.1) is 11.3 Å². The molecule has 3 heteroatoms. The normalized spacial score (nSPS) is 11.0. The van der Waals surface area contributed by atoms with Crippen molar-refractivity contribution >= 4 is 24.6 Å². The van der Waals surface area contributed by atoms with Crippen molar-refractivity contribution < 1.29 is 4.79 Å². The third-order valence-electron chi connectivity index (χ3n) is 4.78. The van der Waals surface area contributed by atoms with Gasteiger partial charge in [0.2, 0.25) is 0 Å². The highest BCUT2D eigenvalue weighted by Crippen LogP contribution is 2.32. The van der Waals surface area contributed by atoms with E-state index in [4.69, 9.17) is 4.98 Å². The van der Waals surface area contributed by atoms with Gasteiger partial charge in [-0.2, -0.15) is 0 Å². The molecule has 0 N–H and O–H groups in total. The van der Waals surface area contributed by atoms with Gasteiger partial charge in [0, 0.05) is 16.5 Å². The summed E-state index contributed by atoms with van der Waals surface area (Å²) in [4.78, 5) is 18.5. The van der Waals surface area contributed by atoms with Gasteiger partial charge < -0.3 is 0 Å². The molecule has 4 aromatic rings. The molecule has 0 atom stereocenters. The van der Waals surface area contributed by atoms with Crippen LogP contribution in [-0.2, 0) is 0 Å². The van der Waals surface area contributed by atoms with E-state index in [0.717, 1.165) is 22.0 Å². The van der Waals surface area contributed by atoms with E-state index < -0.39 is 8.07 Å². The van der Waals surface area contributed by atoms with Crippen LogP contribution in [0.2, 0.25) is 19.6 Å². The Kier molecular flexibility index (Phi) is 5.35. The number of ketones is 1. The Hall–Kier alpha value is -3.48. The van der Waals surface area contributed by atoms with Crippen molar-refractivity contribution in [3.63, 3.8) is 0 Å². The first-order chi connectivity index (χ1) is 14.4. The minimum absolute atomic E-state index is 0.0428. The van der Waals surface area contributed by atoms with Crippen LogP contribution in [0.1, 0.15) is 21.6 Å². The third kappa shape index (κ3) is 4.10. The fraction of sp³-hybridized carbons (Fsp3) is 0.111. The summed E-state index contributed by atoms with van der Waals surface area (Å²) in [6.07, 6.45) is 0. The molecule has 3 aromatic carbocycles. The second-order valence-electron chi connectivity index (χ2n) is 8.29. The summed E-state index contributed by atoms with van der Waals surface area (Å²) in [5.41, 5.74) is 7.07. The Morgan fingerprint density at radius 1 is 0.767 bits per heavy atom. The first-order valence-corrected chi connectivity index (χ1v) is 13.6. The lowest BCUT2D eigenvalue weighted by molar-refractivity contribution is 0.104. The Bertz CT molecular complexity index is 1280. The van der Waals surface area contributed by atoms with Gasteiger partial charge >= 0.3 is 0 Å². The fourth-order valence-electron chi connectivity index (χ4n) is 3.38. The van der Waals surface area contributed by atoms with Crippen LogP contribution in [0.25, 0.3) is 22.0 Å². The topological polar surface area (TPSA) is 30.0 Å². The van der Waals surface area contributed by atoms with E-state index in [1.165, 1.54) is 0 Å². The number of rotatable bonds is 3. The molecule has 0 spiro atoms. The number of hydrogen-bond donors (Lipinski definition) is 0. The average molecular weight is 406 g/mol. The van der Waals surface area contributed by atoms with Gasteiger partial charge in [0.1, 0.15) is 13.8 Å². The number of fused-ring (bicyclic) bond motifs is 1. The lowest BCUT2D eigenvalue weighted by Crippen LogP contribution is -2.17. The summed E-state index contributed by atoms with van der Waals surface area (Å²) in [6.45, 7) is 6.58. The molecule has 0 fully saturated rings. The van der Waals surface area contributed by atoms with Gasteiger partial charge in [0.25, 0.3) is 0 Å². The number of carbonyl (C=O) groups excluding carboxylic acids is 1. The molecule has 0 saturated carbocycles. The first-order valence-electron chi connectivity index (χ1n) is 10.1. The third-order valence-corrected chi connectivity index (χ3v) is 5.65. The largest absolute Gasteiger partial charge is 0.288 e. The molecule has 2 nitrogen and oxygen atoms in total. The molecule has 0 saturated heterocycles. The zero-order chi connectivity index (χ0) is 21.1. The minimum Gasteiger partial charge on any atom is -0.288 e. The maximum atomic E-state index is 13.6. The number of benzene rings is 3. The average Bonchev–Trinajstić information content (AvgIpc) is 2.77. The number of pyridine rings is 1. The Labute approximate surface area is 178 Å². The number of carbonyl (C=O) groups is 1. The molecule has 0 aliphatic rings. The Morgan fingerprint density at radius 2 is 1.33 bits per heavy atom. The highest BCUT2D eigenvalue weighted by molar-refractivity contribution is 6.83. The van der Waals surface area contributed by atoms with Crippen molar-refractivity contribution in [1.82, 2.24) is 4.98 Å². The van der Waals surface area contributed by atoms with Crippen LogP contribution in [0.5, 0.6) is 0 Å². The molecular weight excluding hydrogens is 382 g/mol. The lowest BCUT2D eigenvalue weighted by Gasteiger charge is -2.13. The van der Waals surface area contributed by atoms with Crippen LogP contribution in [-0.4, -0.2) is 18.8 Å². The van der Waals surface area contributed by atoms with Gasteiger partial charge in [-0.1, -0.05) is 110 Å². The van der Waals surface area contributed by atoms with E-state index in [0.29, 0.717) is 16.8 Å². The van der Waals surface area contributed by atoms with Gasteiger partial charge in [-0.3, -0.25) is 4.79 Å². The second-order valence-corrected chi connectivity index (χ2v) is 13.0. The fourth-order valence-corrected chi connectivity index (χ4v) is 3.87. The number of hydrogen-bond acceptors (Lipinski definition) is 2. The summed E-state index contributed by atoms with van der Waals surface area (Å²) in [7, 11) is -1.65. The summed E-state index contributed by atoms with van der Waals surface area (Å²) in [5, 5.41) is 1.85. The van der Waals surface area contributed by atoms with Crippen LogP contribution >= 0.6 is 0 Å². The number of nitrogens with zero attached hydrogens (tertiary/aromatic N) is 1. The van der Waals surface area contributed by atoms with E-state index in [1.807, 2.05) is 84.9 Å². The summed E-state index contributed by atoms with van der Waals surface area (Å²) < 4.78 is 0. The first kappa shape index (κ1) is 19.8. The van der Waals surface area contributed by atoms with Gasteiger partial charge in [-0.25, -0.2) is 4.98 Å². The molecule has 0 bridgehead atoms. The zero-order valence-corrected chi connectivity index (χ0v) is 18.4. The Morgan fingerprint density at radius 3 is 1.97 bits per heavy atom. The van der Waals surface area contributed by atoms with E-state index >= 15 is 0 Å². The second kappa shape index (κ2) is 8.10. The molecule has 30 heavy (non-hydrogen) atoms. The molecule has 1 heterocycles. The van der Waals surface area contributed by atoms with Crippen molar-refractivity contribution in [2.45, 2.75) is 19.6 Å². The lowest BCUT2D eigenvalue weighted by atomic mass is 9.93. The van der Waals surface area contributed by atoms with E-state index in [2.05, 4.69) is 31.1 Å². The SMILES string of the molecule is C[Si](C)(C)C#Cc1nc(-c2ccccc2)c2ccccc2c1C(=O)c1ccccc1. The van der Waals surface area contributed by atoms with Crippen molar-refractivity contribution in [2.75, 3.05) is 0 Å². The predicted molar refractivity (Wildman–Crippen MR) is 127 cm³/mol. The quantitative estimate of drug-likeness (QED) is 0.225. The molecule has 0 unspecified atom stereocenters.